The fourth-order valence-corrected chi connectivity index (χ4v) is 0.755. The van der Waals surface area contributed by atoms with E-state index in [4.69, 9.17) is 10.2 Å². The summed E-state index contributed by atoms with van der Waals surface area (Å²) in [5.74, 6) is -2.13. The Morgan fingerprint density at radius 1 is 0.933 bits per heavy atom. The first-order valence-corrected chi connectivity index (χ1v) is 3.99. The lowest BCUT2D eigenvalue weighted by Gasteiger charge is -1.94. The summed E-state index contributed by atoms with van der Waals surface area (Å²) in [4.78, 5) is 20.7. The van der Waals surface area contributed by atoms with Crippen molar-refractivity contribution in [1.82, 2.24) is 0 Å². The van der Waals surface area contributed by atoms with Crippen molar-refractivity contribution in [2.45, 2.75) is 0 Å². The van der Waals surface area contributed by atoms with Gasteiger partial charge in [-0.2, -0.15) is 0 Å². The van der Waals surface area contributed by atoms with Crippen molar-refractivity contribution in [2.75, 3.05) is 14.2 Å². The summed E-state index contributed by atoms with van der Waals surface area (Å²) in [6.45, 7) is 0. The molecule has 0 atom stereocenters. The van der Waals surface area contributed by atoms with Crippen LogP contribution >= 0.6 is 0 Å². The highest BCUT2D eigenvalue weighted by Crippen LogP contribution is 2.03. The molecule has 0 heterocycles. The molecule has 5 heteroatoms. The van der Waals surface area contributed by atoms with E-state index in [-0.39, 0.29) is 11.1 Å². The van der Waals surface area contributed by atoms with E-state index in [1.165, 1.54) is 24.3 Å². The lowest BCUT2D eigenvalue weighted by molar-refractivity contribution is 0.0681. The minimum atomic E-state index is -1.06. The van der Waals surface area contributed by atoms with E-state index in [2.05, 4.69) is 4.74 Å². The average Bonchev–Trinajstić information content (AvgIpc) is 2.19. The predicted octanol–water partition coefficient (Wildman–Crippen LogP) is 1.35. The Morgan fingerprint density at radius 3 is 1.27 bits per heavy atom. The van der Waals surface area contributed by atoms with Gasteiger partial charge in [0.15, 0.2) is 0 Å². The average molecular weight is 212 g/mol. The highest BCUT2D eigenvalue weighted by molar-refractivity contribution is 5.91. The van der Waals surface area contributed by atoms with E-state index in [1.54, 1.807) is 14.2 Å². The van der Waals surface area contributed by atoms with Crippen LogP contribution in [0.5, 0.6) is 0 Å². The Hall–Kier alpha value is -1.88. The largest absolute Gasteiger partial charge is 0.478 e. The predicted molar refractivity (Wildman–Crippen MR) is 53.3 cm³/mol. The summed E-state index contributed by atoms with van der Waals surface area (Å²) in [5.41, 5.74) is 0.167. The van der Waals surface area contributed by atoms with Gasteiger partial charge >= 0.3 is 11.9 Å². The number of aromatic carboxylic acids is 2. The molecule has 1 aromatic carbocycles. The lowest BCUT2D eigenvalue weighted by atomic mass is 10.1. The number of benzene rings is 1. The van der Waals surface area contributed by atoms with Crippen LogP contribution in [0.2, 0.25) is 0 Å². The molecule has 15 heavy (non-hydrogen) atoms. The van der Waals surface area contributed by atoms with E-state index < -0.39 is 11.9 Å². The quantitative estimate of drug-likeness (QED) is 0.772. The van der Waals surface area contributed by atoms with Crippen LogP contribution in [-0.2, 0) is 4.74 Å². The van der Waals surface area contributed by atoms with Crippen LogP contribution < -0.4 is 0 Å². The number of methoxy groups -OCH3 is 1. The molecule has 0 aliphatic rings. The topological polar surface area (TPSA) is 83.8 Å². The summed E-state index contributed by atoms with van der Waals surface area (Å²) >= 11 is 0. The maximum absolute atomic E-state index is 10.3. The number of carboxylic acid groups (broad SMARTS) is 2. The van der Waals surface area contributed by atoms with Gasteiger partial charge in [0.25, 0.3) is 0 Å². The van der Waals surface area contributed by atoms with Crippen molar-refractivity contribution in [3.05, 3.63) is 35.4 Å². The first-order chi connectivity index (χ1) is 7.02. The normalized spacial score (nSPS) is 8.67. The molecule has 82 valence electrons. The molecule has 0 aromatic heterocycles. The van der Waals surface area contributed by atoms with Gasteiger partial charge in [0.05, 0.1) is 11.1 Å². The van der Waals surface area contributed by atoms with Crippen molar-refractivity contribution in [1.29, 1.82) is 0 Å². The lowest BCUT2D eigenvalue weighted by Crippen LogP contribution is -1.99. The van der Waals surface area contributed by atoms with E-state index >= 15 is 0 Å². The summed E-state index contributed by atoms with van der Waals surface area (Å²) in [6.07, 6.45) is 0. The second-order valence-electron chi connectivity index (χ2n) is 2.60. The van der Waals surface area contributed by atoms with Crippen LogP contribution in [0.3, 0.4) is 0 Å². The third kappa shape index (κ3) is 4.78. The molecule has 0 bridgehead atoms. The maximum Gasteiger partial charge on any atom is 0.335 e. The number of carboxylic acids is 2. The molecule has 0 radical (unpaired) electrons. The number of hydrogen-bond acceptors (Lipinski definition) is 3. The van der Waals surface area contributed by atoms with Crippen LogP contribution in [-0.4, -0.2) is 36.4 Å². The molecule has 5 nitrogen and oxygen atoms in total. The van der Waals surface area contributed by atoms with Crippen molar-refractivity contribution in [2.24, 2.45) is 0 Å². The van der Waals surface area contributed by atoms with Crippen LogP contribution in [0.15, 0.2) is 24.3 Å². The second-order valence-corrected chi connectivity index (χ2v) is 2.60. The first kappa shape index (κ1) is 13.1. The molecular weight excluding hydrogens is 200 g/mol. The van der Waals surface area contributed by atoms with E-state index in [0.29, 0.717) is 0 Å². The van der Waals surface area contributed by atoms with Gasteiger partial charge in [-0.05, 0) is 24.3 Å². The van der Waals surface area contributed by atoms with Gasteiger partial charge in [-0.25, -0.2) is 9.59 Å². The molecule has 0 unspecified atom stereocenters. The molecular formula is C10H12O5. The molecule has 0 spiro atoms. The van der Waals surface area contributed by atoms with Crippen molar-refractivity contribution in [3.8, 4) is 0 Å². The van der Waals surface area contributed by atoms with Gasteiger partial charge in [-0.15, -0.1) is 0 Å². The van der Waals surface area contributed by atoms with Gasteiger partial charge in [0, 0.05) is 14.2 Å². The second kappa shape index (κ2) is 6.56. The molecule has 0 saturated heterocycles. The standard InChI is InChI=1S/C8H6O4.C2H6O/c9-7(10)5-1-2-6(4-3-5)8(11)12;1-3-2/h1-4H,(H,9,10)(H,11,12);1-2H3. The smallest absolute Gasteiger partial charge is 0.335 e. The Kier molecular flexibility index (Phi) is 5.73. The Morgan fingerprint density at radius 2 is 1.13 bits per heavy atom. The number of carbonyl (C=O) groups is 2. The van der Waals surface area contributed by atoms with Gasteiger partial charge < -0.3 is 14.9 Å². The Labute approximate surface area is 86.9 Å². The molecule has 0 aliphatic heterocycles. The zero-order valence-corrected chi connectivity index (χ0v) is 8.43. The van der Waals surface area contributed by atoms with Crippen molar-refractivity contribution in [3.63, 3.8) is 0 Å². The molecule has 0 saturated carbocycles. The third-order valence-electron chi connectivity index (χ3n) is 1.38. The molecule has 2 N–H and O–H groups in total. The molecule has 1 aromatic rings. The van der Waals surface area contributed by atoms with Crippen LogP contribution in [0, 0.1) is 0 Å². The summed E-state index contributed by atoms with van der Waals surface area (Å²) in [5, 5.41) is 16.9. The van der Waals surface area contributed by atoms with Gasteiger partial charge in [0.1, 0.15) is 0 Å². The van der Waals surface area contributed by atoms with E-state index in [9.17, 15) is 9.59 Å². The van der Waals surface area contributed by atoms with Crippen molar-refractivity contribution < 1.29 is 24.5 Å². The molecule has 1 rings (SSSR count). The first-order valence-electron chi connectivity index (χ1n) is 3.99. The zero-order chi connectivity index (χ0) is 11.8. The fourth-order valence-electron chi connectivity index (χ4n) is 0.755. The minimum Gasteiger partial charge on any atom is -0.478 e. The SMILES string of the molecule is COC.O=C(O)c1ccc(C(=O)O)cc1. The van der Waals surface area contributed by atoms with E-state index in [1.807, 2.05) is 0 Å². The summed E-state index contributed by atoms with van der Waals surface area (Å²) in [7, 11) is 3.25. The number of ether oxygens (including phenoxy) is 1. The Balaban J connectivity index is 0.000000583. The van der Waals surface area contributed by atoms with Crippen LogP contribution in [0.1, 0.15) is 20.7 Å². The molecule has 0 amide bonds. The number of rotatable bonds is 2. The van der Waals surface area contributed by atoms with Gasteiger partial charge in [-0.3, -0.25) is 0 Å². The summed E-state index contributed by atoms with van der Waals surface area (Å²) < 4.78 is 4.25. The Bertz CT molecular complexity index is 295. The van der Waals surface area contributed by atoms with Gasteiger partial charge in [0.2, 0.25) is 0 Å². The third-order valence-corrected chi connectivity index (χ3v) is 1.38. The summed E-state index contributed by atoms with van der Waals surface area (Å²) in [6, 6.07) is 5.02. The minimum absolute atomic E-state index is 0.0833. The highest BCUT2D eigenvalue weighted by Gasteiger charge is 2.04. The van der Waals surface area contributed by atoms with Crippen molar-refractivity contribution >= 4 is 11.9 Å². The number of hydrogen-bond donors (Lipinski definition) is 2. The molecule has 0 aliphatic carbocycles. The van der Waals surface area contributed by atoms with Crippen LogP contribution in [0.4, 0.5) is 0 Å². The fraction of sp³-hybridized carbons (Fsp3) is 0.200. The monoisotopic (exact) mass is 212 g/mol. The zero-order valence-electron chi connectivity index (χ0n) is 8.43. The van der Waals surface area contributed by atoms with Gasteiger partial charge in [-0.1, -0.05) is 0 Å². The maximum atomic E-state index is 10.3. The van der Waals surface area contributed by atoms with E-state index in [0.717, 1.165) is 0 Å². The molecule has 0 fully saturated rings. The van der Waals surface area contributed by atoms with Crippen LogP contribution in [0.25, 0.3) is 0 Å². The highest BCUT2D eigenvalue weighted by atomic mass is 16.4.